The fraction of sp³-hybridized carbons (Fsp3) is 0.429. The molecule has 102 valence electrons. The molecule has 1 aromatic carbocycles. The summed E-state index contributed by atoms with van der Waals surface area (Å²) in [6.45, 7) is 6.31. The van der Waals surface area contributed by atoms with Gasteiger partial charge in [0.15, 0.2) is 0 Å². The second kappa shape index (κ2) is 4.66. The molecule has 1 saturated heterocycles. The van der Waals surface area contributed by atoms with Gasteiger partial charge < -0.3 is 10.6 Å². The Kier molecular flexibility index (Phi) is 3.32. The van der Waals surface area contributed by atoms with Crippen LogP contribution in [0.15, 0.2) is 24.3 Å². The molecule has 1 fully saturated rings. The average molecular weight is 261 g/mol. The lowest BCUT2D eigenvalue weighted by Gasteiger charge is -2.30. The first kappa shape index (κ1) is 13.5. The van der Waals surface area contributed by atoms with Gasteiger partial charge in [-0.15, -0.1) is 0 Å². The van der Waals surface area contributed by atoms with E-state index < -0.39 is 0 Å². The van der Waals surface area contributed by atoms with Crippen molar-refractivity contribution in [1.29, 1.82) is 0 Å². The first-order valence-electron chi connectivity index (χ1n) is 6.28. The van der Waals surface area contributed by atoms with E-state index in [1.807, 2.05) is 32.9 Å². The van der Waals surface area contributed by atoms with E-state index >= 15 is 0 Å². The number of urea groups is 1. The van der Waals surface area contributed by atoms with Crippen LogP contribution in [0.2, 0.25) is 0 Å². The molecule has 0 aliphatic carbocycles. The Hall–Kier alpha value is -1.88. The molecule has 5 nitrogen and oxygen atoms in total. The van der Waals surface area contributed by atoms with Crippen LogP contribution in [0.4, 0.5) is 10.5 Å². The van der Waals surface area contributed by atoms with Crippen molar-refractivity contribution in [3.63, 3.8) is 0 Å². The van der Waals surface area contributed by atoms with E-state index in [-0.39, 0.29) is 24.0 Å². The molecule has 0 saturated carbocycles. The number of hydrogen-bond acceptors (Lipinski definition) is 3. The predicted octanol–water partition coefficient (Wildman–Crippen LogP) is 1.71. The maximum absolute atomic E-state index is 12.3. The van der Waals surface area contributed by atoms with Crippen molar-refractivity contribution < 1.29 is 9.59 Å². The van der Waals surface area contributed by atoms with Crippen molar-refractivity contribution in [2.75, 3.05) is 11.4 Å². The van der Waals surface area contributed by atoms with Crippen LogP contribution < -0.4 is 10.6 Å². The van der Waals surface area contributed by atoms with Gasteiger partial charge in [-0.25, -0.2) is 9.69 Å². The van der Waals surface area contributed by atoms with E-state index in [0.29, 0.717) is 12.2 Å². The van der Waals surface area contributed by atoms with E-state index in [0.717, 1.165) is 5.56 Å². The topological polar surface area (TPSA) is 66.6 Å². The van der Waals surface area contributed by atoms with Crippen LogP contribution in [0.3, 0.4) is 0 Å². The Balaban J connectivity index is 2.29. The Morgan fingerprint density at radius 1 is 1.16 bits per heavy atom. The van der Waals surface area contributed by atoms with Gasteiger partial charge in [0.25, 0.3) is 5.91 Å². The fourth-order valence-electron chi connectivity index (χ4n) is 2.06. The SMILES string of the molecule is CC(C)(C)N1CC(=O)N(c2ccc(CN)cc2)C1=O. The molecule has 0 aromatic heterocycles. The van der Waals surface area contributed by atoms with Crippen LogP contribution in [0, 0.1) is 0 Å². The van der Waals surface area contributed by atoms with Gasteiger partial charge in [0, 0.05) is 12.1 Å². The summed E-state index contributed by atoms with van der Waals surface area (Å²) in [4.78, 5) is 27.2. The Morgan fingerprint density at radius 3 is 2.16 bits per heavy atom. The molecule has 2 N–H and O–H groups in total. The third kappa shape index (κ3) is 2.46. The lowest BCUT2D eigenvalue weighted by Crippen LogP contribution is -2.44. The van der Waals surface area contributed by atoms with Crippen LogP contribution in [0.25, 0.3) is 0 Å². The highest BCUT2D eigenvalue weighted by Gasteiger charge is 2.42. The Bertz CT molecular complexity index is 502. The molecule has 0 atom stereocenters. The first-order valence-corrected chi connectivity index (χ1v) is 6.28. The van der Waals surface area contributed by atoms with Crippen molar-refractivity contribution in [2.45, 2.75) is 32.9 Å². The number of carbonyl (C=O) groups excluding carboxylic acids is 2. The lowest BCUT2D eigenvalue weighted by atomic mass is 10.1. The highest BCUT2D eigenvalue weighted by atomic mass is 16.2. The Morgan fingerprint density at radius 2 is 1.74 bits per heavy atom. The minimum absolute atomic E-state index is 0.126. The zero-order chi connectivity index (χ0) is 14.2. The first-order chi connectivity index (χ1) is 8.84. The number of carbonyl (C=O) groups is 2. The van der Waals surface area contributed by atoms with E-state index in [1.54, 1.807) is 17.0 Å². The fourth-order valence-corrected chi connectivity index (χ4v) is 2.06. The molecule has 1 aliphatic heterocycles. The van der Waals surface area contributed by atoms with E-state index in [9.17, 15) is 9.59 Å². The Labute approximate surface area is 113 Å². The van der Waals surface area contributed by atoms with Crippen molar-refractivity contribution in [1.82, 2.24) is 4.90 Å². The van der Waals surface area contributed by atoms with Gasteiger partial charge in [-0.3, -0.25) is 4.79 Å². The van der Waals surface area contributed by atoms with Crippen LogP contribution in [-0.2, 0) is 11.3 Å². The largest absolute Gasteiger partial charge is 0.332 e. The number of nitrogens with zero attached hydrogens (tertiary/aromatic N) is 2. The summed E-state index contributed by atoms with van der Waals surface area (Å²) in [7, 11) is 0. The predicted molar refractivity (Wildman–Crippen MR) is 73.7 cm³/mol. The molecule has 3 amide bonds. The summed E-state index contributed by atoms with van der Waals surface area (Å²) in [5.41, 5.74) is 6.73. The molecular formula is C14H19N3O2. The highest BCUT2D eigenvalue weighted by Crippen LogP contribution is 2.26. The molecule has 0 unspecified atom stereocenters. The third-order valence-electron chi connectivity index (χ3n) is 3.20. The molecule has 0 bridgehead atoms. The second-order valence-electron chi connectivity index (χ2n) is 5.64. The minimum atomic E-state index is -0.362. The number of anilines is 1. The molecule has 1 aromatic rings. The van der Waals surface area contributed by atoms with Crippen LogP contribution in [-0.4, -0.2) is 28.9 Å². The van der Waals surface area contributed by atoms with Gasteiger partial charge in [0.2, 0.25) is 0 Å². The molecular weight excluding hydrogens is 242 g/mol. The number of hydrogen-bond donors (Lipinski definition) is 1. The van der Waals surface area contributed by atoms with Crippen LogP contribution >= 0.6 is 0 Å². The molecule has 0 spiro atoms. The summed E-state index contributed by atoms with van der Waals surface area (Å²) in [6, 6.07) is 6.90. The minimum Gasteiger partial charge on any atom is -0.326 e. The van der Waals surface area contributed by atoms with E-state index in [2.05, 4.69) is 0 Å². The zero-order valence-electron chi connectivity index (χ0n) is 11.5. The van der Waals surface area contributed by atoms with Gasteiger partial charge in [-0.2, -0.15) is 0 Å². The summed E-state index contributed by atoms with van der Waals surface area (Å²) >= 11 is 0. The molecule has 2 rings (SSSR count). The van der Waals surface area contributed by atoms with Crippen molar-refractivity contribution in [2.24, 2.45) is 5.73 Å². The van der Waals surface area contributed by atoms with Gasteiger partial charge in [0.1, 0.15) is 6.54 Å². The maximum atomic E-state index is 12.3. The summed E-state index contributed by atoms with van der Waals surface area (Å²) < 4.78 is 0. The second-order valence-corrected chi connectivity index (χ2v) is 5.64. The van der Waals surface area contributed by atoms with Crippen LogP contribution in [0.5, 0.6) is 0 Å². The lowest BCUT2D eigenvalue weighted by molar-refractivity contribution is -0.117. The number of benzene rings is 1. The van der Waals surface area contributed by atoms with Gasteiger partial charge in [-0.05, 0) is 38.5 Å². The quantitative estimate of drug-likeness (QED) is 0.824. The molecule has 19 heavy (non-hydrogen) atoms. The normalized spacial score (nSPS) is 16.4. The molecule has 5 heteroatoms. The van der Waals surface area contributed by atoms with Crippen LogP contribution in [0.1, 0.15) is 26.3 Å². The summed E-state index contributed by atoms with van der Waals surface area (Å²) in [6.07, 6.45) is 0. The van der Waals surface area contributed by atoms with Gasteiger partial charge in [0.05, 0.1) is 5.69 Å². The van der Waals surface area contributed by atoms with Crippen molar-refractivity contribution >= 4 is 17.6 Å². The molecule has 0 radical (unpaired) electrons. The molecule has 1 aliphatic rings. The summed E-state index contributed by atoms with van der Waals surface area (Å²) in [5.74, 6) is -0.194. The average Bonchev–Trinajstić information content (AvgIpc) is 2.65. The van der Waals surface area contributed by atoms with Gasteiger partial charge >= 0.3 is 6.03 Å². The smallest absolute Gasteiger partial charge is 0.326 e. The van der Waals surface area contributed by atoms with E-state index in [1.165, 1.54) is 4.90 Å². The monoisotopic (exact) mass is 261 g/mol. The summed E-state index contributed by atoms with van der Waals surface area (Å²) in [5, 5.41) is 0. The standard InChI is InChI=1S/C14H19N3O2/c1-14(2,3)16-9-12(18)17(13(16)19)11-6-4-10(8-15)5-7-11/h4-7H,8-9,15H2,1-3H3. The van der Waals surface area contributed by atoms with Gasteiger partial charge in [-0.1, -0.05) is 12.1 Å². The van der Waals surface area contributed by atoms with Crippen molar-refractivity contribution in [3.8, 4) is 0 Å². The number of rotatable bonds is 2. The maximum Gasteiger partial charge on any atom is 0.332 e. The highest BCUT2D eigenvalue weighted by molar-refractivity contribution is 6.20. The number of nitrogens with two attached hydrogens (primary N) is 1. The van der Waals surface area contributed by atoms with E-state index in [4.69, 9.17) is 5.73 Å². The third-order valence-corrected chi connectivity index (χ3v) is 3.20. The van der Waals surface area contributed by atoms with Crippen molar-refractivity contribution in [3.05, 3.63) is 29.8 Å². The number of amides is 3. The molecule has 1 heterocycles. The zero-order valence-corrected chi connectivity index (χ0v) is 11.5. The number of imide groups is 1.